The summed E-state index contributed by atoms with van der Waals surface area (Å²) in [6.07, 6.45) is 1.76. The predicted octanol–water partition coefficient (Wildman–Crippen LogP) is 2.53. The zero-order valence-corrected chi connectivity index (χ0v) is 13.3. The van der Waals surface area contributed by atoms with E-state index in [4.69, 9.17) is 39.9 Å². The van der Waals surface area contributed by atoms with E-state index in [2.05, 4.69) is 0 Å². The van der Waals surface area contributed by atoms with E-state index in [0.29, 0.717) is 13.1 Å². The van der Waals surface area contributed by atoms with Crippen molar-refractivity contribution in [3.8, 4) is 0 Å². The van der Waals surface area contributed by atoms with E-state index < -0.39 is 20.8 Å². The molecular weight excluding hydrogens is 347 g/mol. The Morgan fingerprint density at radius 1 is 1.15 bits per heavy atom. The van der Waals surface area contributed by atoms with Crippen molar-refractivity contribution in [1.82, 2.24) is 4.90 Å². The van der Waals surface area contributed by atoms with Crippen LogP contribution in [0, 0.1) is 0 Å². The highest BCUT2D eigenvalue weighted by Crippen LogP contribution is 2.37. The number of rotatable bonds is 2. The molecule has 1 aromatic carbocycles. The number of likely N-dealkylation sites (tertiary alicyclic amines) is 1. The van der Waals surface area contributed by atoms with Gasteiger partial charge in [-0.15, -0.1) is 0 Å². The van der Waals surface area contributed by atoms with Gasteiger partial charge in [0.25, 0.3) is 5.91 Å². The van der Waals surface area contributed by atoms with E-state index in [-0.39, 0.29) is 20.6 Å². The lowest BCUT2D eigenvalue weighted by molar-refractivity contribution is 0.0793. The molecule has 0 atom stereocenters. The number of benzene rings is 1. The fourth-order valence-electron chi connectivity index (χ4n) is 2.05. The number of nitrogens with two attached hydrogens (primary N) is 1. The first-order chi connectivity index (χ1) is 9.23. The molecule has 1 aromatic rings. The predicted molar refractivity (Wildman–Crippen MR) is 78.0 cm³/mol. The molecule has 2 N–H and O–H groups in total. The summed E-state index contributed by atoms with van der Waals surface area (Å²) >= 11 is 17.9. The highest BCUT2D eigenvalue weighted by molar-refractivity contribution is 7.89. The number of primary sulfonamides is 1. The molecular formula is C11H11Cl3N2O3S. The molecule has 110 valence electrons. The van der Waals surface area contributed by atoms with Crippen LogP contribution >= 0.6 is 34.8 Å². The molecule has 20 heavy (non-hydrogen) atoms. The normalized spacial score (nSPS) is 15.7. The van der Waals surface area contributed by atoms with Gasteiger partial charge in [-0.05, 0) is 18.9 Å². The van der Waals surface area contributed by atoms with E-state index in [0.717, 1.165) is 18.9 Å². The molecule has 1 aliphatic heterocycles. The lowest BCUT2D eigenvalue weighted by Crippen LogP contribution is -2.28. The van der Waals surface area contributed by atoms with Gasteiger partial charge in [0.15, 0.2) is 0 Å². The van der Waals surface area contributed by atoms with Crippen molar-refractivity contribution in [2.45, 2.75) is 17.7 Å². The van der Waals surface area contributed by atoms with Crippen molar-refractivity contribution in [2.75, 3.05) is 13.1 Å². The minimum absolute atomic E-state index is 0.0685. The van der Waals surface area contributed by atoms with Gasteiger partial charge in [0.05, 0.1) is 20.6 Å². The smallest absolute Gasteiger partial charge is 0.256 e. The molecule has 0 bridgehead atoms. The monoisotopic (exact) mass is 356 g/mol. The second-order valence-corrected chi connectivity index (χ2v) is 7.10. The van der Waals surface area contributed by atoms with Crippen LogP contribution in [0.5, 0.6) is 0 Å². The molecule has 5 nitrogen and oxygen atoms in total. The zero-order valence-electron chi connectivity index (χ0n) is 10.2. The summed E-state index contributed by atoms with van der Waals surface area (Å²) in [4.78, 5) is 13.5. The van der Waals surface area contributed by atoms with Crippen LogP contribution < -0.4 is 5.14 Å². The SMILES string of the molecule is NS(=O)(=O)c1cc(Cl)c(Cl)c(C(=O)N2CCCC2)c1Cl. The van der Waals surface area contributed by atoms with Gasteiger partial charge in [0.2, 0.25) is 10.0 Å². The average molecular weight is 358 g/mol. The third-order valence-electron chi connectivity index (χ3n) is 3.04. The van der Waals surface area contributed by atoms with Gasteiger partial charge >= 0.3 is 0 Å². The van der Waals surface area contributed by atoms with Crippen LogP contribution in [-0.4, -0.2) is 32.3 Å². The molecule has 1 heterocycles. The van der Waals surface area contributed by atoms with Gasteiger partial charge < -0.3 is 4.90 Å². The highest BCUT2D eigenvalue weighted by Gasteiger charge is 2.29. The topological polar surface area (TPSA) is 80.5 Å². The number of sulfonamides is 1. The maximum Gasteiger partial charge on any atom is 0.256 e. The highest BCUT2D eigenvalue weighted by atomic mass is 35.5. The van der Waals surface area contributed by atoms with Crippen LogP contribution in [0.2, 0.25) is 15.1 Å². The summed E-state index contributed by atoms with van der Waals surface area (Å²) in [6.45, 7) is 1.14. The molecule has 0 unspecified atom stereocenters. The number of nitrogens with zero attached hydrogens (tertiary/aromatic N) is 1. The maximum atomic E-state index is 12.4. The van der Waals surface area contributed by atoms with Crippen molar-refractivity contribution in [3.63, 3.8) is 0 Å². The summed E-state index contributed by atoms with van der Waals surface area (Å²) in [5.41, 5.74) is -0.119. The van der Waals surface area contributed by atoms with Gasteiger partial charge in [0.1, 0.15) is 4.90 Å². The van der Waals surface area contributed by atoms with E-state index in [1.54, 1.807) is 4.90 Å². The van der Waals surface area contributed by atoms with Crippen LogP contribution in [-0.2, 0) is 10.0 Å². The second-order valence-electron chi connectivity index (χ2n) is 4.40. The first-order valence-electron chi connectivity index (χ1n) is 5.73. The Balaban J connectivity index is 2.62. The summed E-state index contributed by atoms with van der Waals surface area (Å²) in [5.74, 6) is -0.440. The van der Waals surface area contributed by atoms with Crippen molar-refractivity contribution < 1.29 is 13.2 Å². The van der Waals surface area contributed by atoms with Gasteiger partial charge in [-0.2, -0.15) is 0 Å². The minimum atomic E-state index is -4.10. The standard InChI is InChI=1S/C11H11Cl3N2O3S/c12-6-5-7(20(15,18)19)10(14)8(9(6)13)11(17)16-3-1-2-4-16/h5H,1-4H2,(H2,15,18,19). The van der Waals surface area contributed by atoms with Crippen molar-refractivity contribution in [3.05, 3.63) is 26.7 Å². The maximum absolute atomic E-state index is 12.4. The number of halogens is 3. The number of hydrogen-bond donors (Lipinski definition) is 1. The van der Waals surface area contributed by atoms with E-state index >= 15 is 0 Å². The van der Waals surface area contributed by atoms with Gasteiger partial charge in [0, 0.05) is 13.1 Å². The Bertz CT molecular complexity index is 670. The molecule has 2 rings (SSSR count). The molecule has 1 saturated heterocycles. The fourth-order valence-corrected chi connectivity index (χ4v) is 3.79. The van der Waals surface area contributed by atoms with Gasteiger partial charge in [-0.25, -0.2) is 13.6 Å². The molecule has 0 aliphatic carbocycles. The van der Waals surface area contributed by atoms with Crippen molar-refractivity contribution in [1.29, 1.82) is 0 Å². The first-order valence-corrected chi connectivity index (χ1v) is 8.41. The molecule has 0 spiro atoms. The Hall–Kier alpha value is -0.530. The summed E-state index contributed by atoms with van der Waals surface area (Å²) in [7, 11) is -4.10. The van der Waals surface area contributed by atoms with Crippen LogP contribution in [0.15, 0.2) is 11.0 Å². The Kier molecular flexibility index (Phi) is 4.51. The van der Waals surface area contributed by atoms with Gasteiger partial charge in [-0.1, -0.05) is 34.8 Å². The van der Waals surface area contributed by atoms with Crippen molar-refractivity contribution in [2.24, 2.45) is 5.14 Å². The summed E-state index contributed by atoms with van der Waals surface area (Å²) in [6, 6.07) is 1.04. The minimum Gasteiger partial charge on any atom is -0.339 e. The molecule has 0 aromatic heterocycles. The van der Waals surface area contributed by atoms with Crippen LogP contribution in [0.3, 0.4) is 0 Å². The van der Waals surface area contributed by atoms with E-state index in [9.17, 15) is 13.2 Å². The van der Waals surface area contributed by atoms with Crippen LogP contribution in [0.25, 0.3) is 0 Å². The average Bonchev–Trinajstić information content (AvgIpc) is 2.86. The van der Waals surface area contributed by atoms with Crippen LogP contribution in [0.4, 0.5) is 0 Å². The lowest BCUT2D eigenvalue weighted by Gasteiger charge is -2.18. The van der Waals surface area contributed by atoms with Crippen LogP contribution in [0.1, 0.15) is 23.2 Å². The number of carbonyl (C=O) groups excluding carboxylic acids is 1. The number of hydrogen-bond acceptors (Lipinski definition) is 3. The van der Waals surface area contributed by atoms with E-state index in [1.807, 2.05) is 0 Å². The molecule has 0 radical (unpaired) electrons. The first kappa shape index (κ1) is 15.9. The summed E-state index contributed by atoms with van der Waals surface area (Å²) in [5, 5.41) is 4.62. The van der Waals surface area contributed by atoms with E-state index in [1.165, 1.54) is 0 Å². The van der Waals surface area contributed by atoms with Gasteiger partial charge in [-0.3, -0.25) is 4.79 Å². The second kappa shape index (κ2) is 5.69. The van der Waals surface area contributed by atoms with Crippen molar-refractivity contribution >= 4 is 50.7 Å². The largest absolute Gasteiger partial charge is 0.339 e. The lowest BCUT2D eigenvalue weighted by atomic mass is 10.2. The third-order valence-corrected chi connectivity index (χ3v) is 5.26. The Labute approximate surface area is 131 Å². The number of carbonyl (C=O) groups is 1. The molecule has 9 heteroatoms. The Morgan fingerprint density at radius 3 is 2.20 bits per heavy atom. The molecule has 0 saturated carbocycles. The number of amides is 1. The fraction of sp³-hybridized carbons (Fsp3) is 0.364. The quantitative estimate of drug-likeness (QED) is 0.826. The third kappa shape index (κ3) is 2.89. The molecule has 1 amide bonds. The zero-order chi connectivity index (χ0) is 15.1. The molecule has 1 aliphatic rings. The molecule has 1 fully saturated rings. The summed E-state index contributed by atoms with van der Waals surface area (Å²) < 4.78 is 23.0. The Morgan fingerprint density at radius 2 is 1.70 bits per heavy atom.